The normalized spacial score (nSPS) is 40.0. The Morgan fingerprint density at radius 2 is 1.79 bits per heavy atom. The molecule has 9 heteroatoms. The minimum absolute atomic E-state index is 0.300. The maximum atomic E-state index is 15.2. The van der Waals surface area contributed by atoms with Crippen molar-refractivity contribution in [2.24, 2.45) is 11.8 Å². The molecule has 1 N–H and O–H groups in total. The van der Waals surface area contributed by atoms with Gasteiger partial charge in [0.2, 0.25) is 0 Å². The molecule has 1 saturated carbocycles. The summed E-state index contributed by atoms with van der Waals surface area (Å²) in [6.45, 7) is 2.96. The third kappa shape index (κ3) is 6.34. The summed E-state index contributed by atoms with van der Waals surface area (Å²) in [5.41, 5.74) is 0. The Morgan fingerprint density at radius 1 is 1.09 bits per heavy atom. The zero-order valence-electron chi connectivity index (χ0n) is 20.0. The monoisotopic (exact) mass is 492 g/mol. The fourth-order valence-electron chi connectivity index (χ4n) is 5.51. The van der Waals surface area contributed by atoms with Gasteiger partial charge in [0.1, 0.15) is 6.10 Å². The summed E-state index contributed by atoms with van der Waals surface area (Å²) in [6, 6.07) is 0. The molecule has 4 unspecified atom stereocenters. The van der Waals surface area contributed by atoms with Gasteiger partial charge in [-0.05, 0) is 44.9 Å². The maximum Gasteiger partial charge on any atom is 0.277 e. The standard InChI is InChI=1S/C25H39F3O6/c1-2-3-12-25(27,28)19(34-21-9-5-7-14-31-21)11-10-16-17(32-20-8-4-6-13-30-20)15-18-22(16)23(26)24(29)33-18/h10-11,16-24,29H,2-9,12-15H2,1H3/t16-,17+,18-,19?,20?,21?,22+,23-,24?/m1/s1. The fourth-order valence-corrected chi connectivity index (χ4v) is 5.51. The highest BCUT2D eigenvalue weighted by molar-refractivity contribution is 5.11. The SMILES string of the molecule is CCCCC(F)(F)C(C=C[C@H]1[C@H]2[C@@H](C[C@@H]1OC1CCCCO1)OC(O)[C@@H]2F)OC1CCCCO1. The Morgan fingerprint density at radius 3 is 2.44 bits per heavy atom. The molecule has 0 radical (unpaired) electrons. The lowest BCUT2D eigenvalue weighted by atomic mass is 9.89. The second-order valence-corrected chi connectivity index (χ2v) is 9.97. The molecule has 1 aliphatic carbocycles. The highest BCUT2D eigenvalue weighted by Crippen LogP contribution is 2.47. The number of rotatable bonds is 10. The Kier molecular flexibility index (Phi) is 9.32. The molecule has 3 saturated heterocycles. The van der Waals surface area contributed by atoms with Crippen molar-refractivity contribution in [2.45, 2.75) is 120 Å². The molecule has 196 valence electrons. The molecular formula is C25H39F3O6. The molecule has 9 atom stereocenters. The second kappa shape index (κ2) is 12.0. The van der Waals surface area contributed by atoms with Gasteiger partial charge in [0, 0.05) is 37.9 Å². The summed E-state index contributed by atoms with van der Waals surface area (Å²) in [4.78, 5) is 0. The van der Waals surface area contributed by atoms with Gasteiger partial charge < -0.3 is 28.8 Å². The van der Waals surface area contributed by atoms with Crippen LogP contribution in [0.5, 0.6) is 0 Å². The van der Waals surface area contributed by atoms with Crippen molar-refractivity contribution in [3.8, 4) is 0 Å². The number of fused-ring (bicyclic) bond motifs is 1. The van der Waals surface area contributed by atoms with Crippen LogP contribution in [0, 0.1) is 11.8 Å². The molecule has 4 fully saturated rings. The van der Waals surface area contributed by atoms with Crippen molar-refractivity contribution < 1.29 is 42.0 Å². The van der Waals surface area contributed by atoms with Crippen molar-refractivity contribution in [3.63, 3.8) is 0 Å². The van der Waals surface area contributed by atoms with Gasteiger partial charge in [-0.25, -0.2) is 13.2 Å². The van der Waals surface area contributed by atoms with Gasteiger partial charge in [0.15, 0.2) is 25.0 Å². The van der Waals surface area contributed by atoms with E-state index >= 15 is 8.78 Å². The molecule has 0 aromatic carbocycles. The average Bonchev–Trinajstić information content (AvgIpc) is 3.30. The largest absolute Gasteiger partial charge is 0.366 e. The summed E-state index contributed by atoms with van der Waals surface area (Å²) in [6.07, 6.45) is 2.40. The van der Waals surface area contributed by atoms with Crippen LogP contribution in [0.2, 0.25) is 0 Å². The van der Waals surface area contributed by atoms with Crippen LogP contribution in [0.4, 0.5) is 13.2 Å². The highest BCUT2D eigenvalue weighted by Gasteiger charge is 2.56. The van der Waals surface area contributed by atoms with Crippen LogP contribution in [-0.4, -0.2) is 67.6 Å². The smallest absolute Gasteiger partial charge is 0.277 e. The van der Waals surface area contributed by atoms with Crippen LogP contribution >= 0.6 is 0 Å². The van der Waals surface area contributed by atoms with Crippen LogP contribution in [0.3, 0.4) is 0 Å². The molecule has 34 heavy (non-hydrogen) atoms. The van der Waals surface area contributed by atoms with E-state index in [0.29, 0.717) is 38.9 Å². The number of hydrogen-bond donors (Lipinski definition) is 1. The molecular weight excluding hydrogens is 453 g/mol. The van der Waals surface area contributed by atoms with Gasteiger partial charge in [-0.15, -0.1) is 0 Å². The first kappa shape index (κ1) is 26.4. The van der Waals surface area contributed by atoms with E-state index in [1.165, 1.54) is 6.08 Å². The van der Waals surface area contributed by atoms with E-state index in [1.54, 1.807) is 6.08 Å². The molecule has 0 amide bonds. The molecule has 6 nitrogen and oxygen atoms in total. The molecule has 0 aromatic rings. The minimum Gasteiger partial charge on any atom is -0.366 e. The number of halogens is 3. The molecule has 0 bridgehead atoms. The van der Waals surface area contributed by atoms with E-state index in [4.69, 9.17) is 23.7 Å². The van der Waals surface area contributed by atoms with E-state index in [2.05, 4.69) is 0 Å². The van der Waals surface area contributed by atoms with Crippen LogP contribution in [0.1, 0.15) is 71.1 Å². The van der Waals surface area contributed by atoms with Crippen molar-refractivity contribution in [1.29, 1.82) is 0 Å². The summed E-state index contributed by atoms with van der Waals surface area (Å²) >= 11 is 0. The first-order chi connectivity index (χ1) is 16.4. The molecule has 4 aliphatic rings. The summed E-state index contributed by atoms with van der Waals surface area (Å²) in [5.74, 6) is -4.30. The van der Waals surface area contributed by atoms with E-state index in [-0.39, 0.29) is 6.42 Å². The number of unbranched alkanes of at least 4 members (excludes halogenated alkanes) is 1. The van der Waals surface area contributed by atoms with E-state index in [9.17, 15) is 9.50 Å². The van der Waals surface area contributed by atoms with Gasteiger partial charge in [0.25, 0.3) is 5.92 Å². The van der Waals surface area contributed by atoms with E-state index < -0.39 is 61.1 Å². The first-order valence-electron chi connectivity index (χ1n) is 13.0. The Labute approximate surface area is 200 Å². The van der Waals surface area contributed by atoms with Crippen LogP contribution in [0.25, 0.3) is 0 Å². The van der Waals surface area contributed by atoms with Gasteiger partial charge in [-0.3, -0.25) is 0 Å². The van der Waals surface area contributed by atoms with E-state index in [1.807, 2.05) is 6.92 Å². The van der Waals surface area contributed by atoms with Crippen molar-refractivity contribution in [1.82, 2.24) is 0 Å². The predicted molar refractivity (Wildman–Crippen MR) is 118 cm³/mol. The lowest BCUT2D eigenvalue weighted by Crippen LogP contribution is -2.39. The van der Waals surface area contributed by atoms with E-state index in [0.717, 1.165) is 32.1 Å². The molecule has 0 aromatic heterocycles. The third-order valence-corrected chi connectivity index (χ3v) is 7.41. The lowest BCUT2D eigenvalue weighted by Gasteiger charge is -2.32. The van der Waals surface area contributed by atoms with Gasteiger partial charge in [0.05, 0.1) is 12.2 Å². The number of aliphatic hydroxyl groups is 1. The van der Waals surface area contributed by atoms with Crippen molar-refractivity contribution in [3.05, 3.63) is 12.2 Å². The predicted octanol–water partition coefficient (Wildman–Crippen LogP) is 4.88. The van der Waals surface area contributed by atoms with Crippen LogP contribution in [0.15, 0.2) is 12.2 Å². The maximum absolute atomic E-state index is 15.2. The number of aliphatic hydroxyl groups excluding tert-OH is 1. The van der Waals surface area contributed by atoms with Gasteiger partial charge >= 0.3 is 0 Å². The third-order valence-electron chi connectivity index (χ3n) is 7.41. The zero-order valence-corrected chi connectivity index (χ0v) is 20.0. The summed E-state index contributed by atoms with van der Waals surface area (Å²) < 4.78 is 73.8. The first-order valence-corrected chi connectivity index (χ1v) is 13.0. The number of alkyl halides is 3. The number of hydrogen-bond acceptors (Lipinski definition) is 6. The molecule has 4 rings (SSSR count). The molecule has 3 aliphatic heterocycles. The molecule has 0 spiro atoms. The zero-order chi connectivity index (χ0) is 24.1. The quantitative estimate of drug-likeness (QED) is 0.439. The second-order valence-electron chi connectivity index (χ2n) is 9.97. The van der Waals surface area contributed by atoms with Crippen LogP contribution < -0.4 is 0 Å². The lowest BCUT2D eigenvalue weighted by molar-refractivity contribution is -0.227. The van der Waals surface area contributed by atoms with Gasteiger partial charge in [-0.1, -0.05) is 25.5 Å². The average molecular weight is 493 g/mol. The minimum atomic E-state index is -3.09. The summed E-state index contributed by atoms with van der Waals surface area (Å²) in [7, 11) is 0. The highest BCUT2D eigenvalue weighted by atomic mass is 19.3. The molecule has 3 heterocycles. The Hall–Kier alpha value is -0.710. The van der Waals surface area contributed by atoms with Crippen LogP contribution in [-0.2, 0) is 23.7 Å². The Balaban J connectivity index is 1.52. The topological polar surface area (TPSA) is 66.4 Å². The number of ether oxygens (including phenoxy) is 5. The van der Waals surface area contributed by atoms with Crippen molar-refractivity contribution >= 4 is 0 Å². The fraction of sp³-hybridized carbons (Fsp3) is 0.920. The van der Waals surface area contributed by atoms with Gasteiger partial charge in [-0.2, -0.15) is 0 Å². The summed E-state index contributed by atoms with van der Waals surface area (Å²) in [5, 5.41) is 9.90. The van der Waals surface area contributed by atoms with Crippen molar-refractivity contribution in [2.75, 3.05) is 13.2 Å². The Bertz CT molecular complexity index is 653.